The van der Waals surface area contributed by atoms with Crippen molar-refractivity contribution in [2.75, 3.05) is 0 Å². The second-order valence-corrected chi connectivity index (χ2v) is 5.91. The largest absolute Gasteiger partial charge is 0.292 e. The van der Waals surface area contributed by atoms with Gasteiger partial charge in [-0.15, -0.1) is 0 Å². The number of nitrogens with zero attached hydrogens (tertiary/aromatic N) is 1. The summed E-state index contributed by atoms with van der Waals surface area (Å²) < 4.78 is 0.720. The molecule has 0 saturated carbocycles. The van der Waals surface area contributed by atoms with Crippen LogP contribution in [-0.4, -0.2) is 20.4 Å². The third-order valence-corrected chi connectivity index (χ3v) is 4.39. The molecule has 2 rings (SSSR count). The van der Waals surface area contributed by atoms with Crippen LogP contribution in [0.5, 0.6) is 0 Å². The van der Waals surface area contributed by atoms with Crippen LogP contribution in [0.25, 0.3) is 0 Å². The molecule has 1 aromatic rings. The van der Waals surface area contributed by atoms with Crippen LogP contribution in [0.4, 0.5) is 0 Å². The maximum atomic E-state index is 12.1. The third kappa shape index (κ3) is 2.87. The zero-order valence-electron chi connectivity index (χ0n) is 9.76. The predicted molar refractivity (Wildman–Crippen MR) is 75.9 cm³/mol. The van der Waals surface area contributed by atoms with E-state index in [1.807, 2.05) is 30.3 Å². The molecule has 0 aliphatic carbocycles. The van der Waals surface area contributed by atoms with Crippen LogP contribution in [0, 0.1) is 0 Å². The van der Waals surface area contributed by atoms with Crippen LogP contribution in [0.3, 0.4) is 0 Å². The molecule has 0 bridgehead atoms. The summed E-state index contributed by atoms with van der Waals surface area (Å²) >= 11 is 6.81. The lowest BCUT2D eigenvalue weighted by Gasteiger charge is -2.15. The Kier molecular flexibility index (Phi) is 4.18. The Bertz CT molecular complexity index is 419. The molecule has 0 aromatic heterocycles. The summed E-state index contributed by atoms with van der Waals surface area (Å²) in [5.74, 6) is 0.172. The summed E-state index contributed by atoms with van der Waals surface area (Å²) in [6, 6.07) is 9.98. The monoisotopic (exact) mass is 265 g/mol. The standard InChI is InChI=1S/C13H15NOS2/c1-2-6-11-12(15)14(13(16)17-11)9-10-7-4-3-5-8-10/h3-5,7-8,11H,2,6,9H2,1H3. The molecule has 0 radical (unpaired) electrons. The topological polar surface area (TPSA) is 20.3 Å². The van der Waals surface area contributed by atoms with Gasteiger partial charge in [0.2, 0.25) is 5.91 Å². The van der Waals surface area contributed by atoms with E-state index in [0.717, 1.165) is 22.7 Å². The number of benzene rings is 1. The van der Waals surface area contributed by atoms with Gasteiger partial charge in [-0.2, -0.15) is 0 Å². The lowest BCUT2D eigenvalue weighted by Crippen LogP contribution is -2.30. The van der Waals surface area contributed by atoms with Gasteiger partial charge in [-0.1, -0.05) is 67.7 Å². The van der Waals surface area contributed by atoms with E-state index in [4.69, 9.17) is 12.2 Å². The lowest BCUT2D eigenvalue weighted by atomic mass is 10.2. The number of thioether (sulfide) groups is 1. The fraction of sp³-hybridized carbons (Fsp3) is 0.385. The van der Waals surface area contributed by atoms with Gasteiger partial charge >= 0.3 is 0 Å². The first-order chi connectivity index (χ1) is 8.22. The van der Waals surface area contributed by atoms with Crippen molar-refractivity contribution in [2.24, 2.45) is 0 Å². The van der Waals surface area contributed by atoms with Gasteiger partial charge in [0.25, 0.3) is 0 Å². The quantitative estimate of drug-likeness (QED) is 0.780. The highest BCUT2D eigenvalue weighted by Crippen LogP contribution is 2.31. The highest BCUT2D eigenvalue weighted by Gasteiger charge is 2.35. The zero-order chi connectivity index (χ0) is 12.3. The fourth-order valence-electron chi connectivity index (χ4n) is 1.85. The van der Waals surface area contributed by atoms with Crippen molar-refractivity contribution in [1.29, 1.82) is 0 Å². The minimum absolute atomic E-state index is 0.0382. The molecule has 0 spiro atoms. The van der Waals surface area contributed by atoms with E-state index in [-0.39, 0.29) is 11.2 Å². The van der Waals surface area contributed by atoms with Gasteiger partial charge in [-0.3, -0.25) is 9.69 Å². The van der Waals surface area contributed by atoms with E-state index in [2.05, 4.69) is 6.92 Å². The Morgan fingerprint density at radius 1 is 1.35 bits per heavy atom. The molecular formula is C13H15NOS2. The van der Waals surface area contributed by atoms with E-state index < -0.39 is 0 Å². The lowest BCUT2D eigenvalue weighted by molar-refractivity contribution is -0.126. The van der Waals surface area contributed by atoms with Crippen LogP contribution in [-0.2, 0) is 11.3 Å². The second-order valence-electron chi connectivity index (χ2n) is 4.07. The molecule has 1 atom stereocenters. The van der Waals surface area contributed by atoms with E-state index >= 15 is 0 Å². The van der Waals surface area contributed by atoms with Gasteiger partial charge in [-0.05, 0) is 12.0 Å². The van der Waals surface area contributed by atoms with E-state index in [9.17, 15) is 4.79 Å². The number of hydrogen-bond donors (Lipinski definition) is 0. The summed E-state index contributed by atoms with van der Waals surface area (Å²) in [4.78, 5) is 13.9. The van der Waals surface area contributed by atoms with Gasteiger partial charge in [0, 0.05) is 0 Å². The van der Waals surface area contributed by atoms with Crippen molar-refractivity contribution in [2.45, 2.75) is 31.6 Å². The first-order valence-corrected chi connectivity index (χ1v) is 7.07. The average molecular weight is 265 g/mol. The molecule has 1 amide bonds. The van der Waals surface area contributed by atoms with Crippen LogP contribution >= 0.6 is 24.0 Å². The first kappa shape index (κ1) is 12.6. The van der Waals surface area contributed by atoms with E-state index in [1.165, 1.54) is 11.8 Å². The van der Waals surface area contributed by atoms with Gasteiger partial charge in [-0.25, -0.2) is 0 Å². The summed E-state index contributed by atoms with van der Waals surface area (Å²) in [6.07, 6.45) is 1.93. The zero-order valence-corrected chi connectivity index (χ0v) is 11.4. The Hall–Kier alpha value is -0.870. The number of carbonyl (C=O) groups is 1. The van der Waals surface area contributed by atoms with Crippen molar-refractivity contribution in [1.82, 2.24) is 4.90 Å². The SMILES string of the molecule is CCCC1SC(=S)N(Cc2ccccc2)C1=O. The molecule has 1 fully saturated rings. The molecule has 1 aliphatic heterocycles. The average Bonchev–Trinajstić information content (AvgIpc) is 2.59. The van der Waals surface area contributed by atoms with Crippen molar-refractivity contribution >= 4 is 34.2 Å². The molecule has 1 heterocycles. The molecule has 1 aromatic carbocycles. The molecule has 2 nitrogen and oxygen atoms in total. The van der Waals surface area contributed by atoms with Crippen LogP contribution < -0.4 is 0 Å². The molecule has 1 saturated heterocycles. The molecule has 4 heteroatoms. The van der Waals surface area contributed by atoms with Gasteiger partial charge in [0.15, 0.2) is 0 Å². The summed E-state index contributed by atoms with van der Waals surface area (Å²) in [5, 5.41) is 0.0382. The van der Waals surface area contributed by atoms with Crippen LogP contribution in [0.2, 0.25) is 0 Å². The predicted octanol–water partition coefficient (Wildman–Crippen LogP) is 3.22. The molecule has 0 N–H and O–H groups in total. The maximum Gasteiger partial charge on any atom is 0.241 e. The van der Waals surface area contributed by atoms with E-state index in [1.54, 1.807) is 4.90 Å². The normalized spacial score (nSPS) is 20.1. The number of hydrogen-bond acceptors (Lipinski definition) is 3. The number of thiocarbonyl (C=S) groups is 1. The molecular weight excluding hydrogens is 250 g/mol. The molecule has 1 aliphatic rings. The highest BCUT2D eigenvalue weighted by molar-refractivity contribution is 8.24. The van der Waals surface area contributed by atoms with Gasteiger partial charge < -0.3 is 0 Å². The number of carbonyl (C=O) groups excluding carboxylic acids is 1. The maximum absolute atomic E-state index is 12.1. The summed E-state index contributed by atoms with van der Waals surface area (Å²) in [7, 11) is 0. The smallest absolute Gasteiger partial charge is 0.241 e. The Balaban J connectivity index is 2.07. The minimum Gasteiger partial charge on any atom is -0.292 e. The van der Waals surface area contributed by atoms with Crippen molar-refractivity contribution in [3.05, 3.63) is 35.9 Å². The number of amides is 1. The fourth-order valence-corrected chi connectivity index (χ4v) is 3.46. The second kappa shape index (κ2) is 5.65. The van der Waals surface area contributed by atoms with Gasteiger partial charge in [0.05, 0.1) is 11.8 Å². The van der Waals surface area contributed by atoms with Crippen LogP contribution in [0.15, 0.2) is 30.3 Å². The minimum atomic E-state index is 0.0382. The Labute approximate surface area is 111 Å². The number of rotatable bonds is 4. The Morgan fingerprint density at radius 2 is 2.06 bits per heavy atom. The third-order valence-electron chi connectivity index (χ3n) is 2.74. The van der Waals surface area contributed by atoms with Crippen molar-refractivity contribution < 1.29 is 4.79 Å². The summed E-state index contributed by atoms with van der Waals surface area (Å²) in [6.45, 7) is 2.70. The van der Waals surface area contributed by atoms with Crippen molar-refractivity contribution in [3.8, 4) is 0 Å². The molecule has 1 unspecified atom stereocenters. The highest BCUT2D eigenvalue weighted by atomic mass is 32.2. The van der Waals surface area contributed by atoms with Crippen molar-refractivity contribution in [3.63, 3.8) is 0 Å². The Morgan fingerprint density at radius 3 is 2.71 bits per heavy atom. The summed E-state index contributed by atoms with van der Waals surface area (Å²) in [5.41, 5.74) is 1.13. The first-order valence-electron chi connectivity index (χ1n) is 5.78. The molecule has 90 valence electrons. The van der Waals surface area contributed by atoms with Crippen LogP contribution in [0.1, 0.15) is 25.3 Å². The van der Waals surface area contributed by atoms with Gasteiger partial charge in [0.1, 0.15) is 4.32 Å². The molecule has 17 heavy (non-hydrogen) atoms. The van der Waals surface area contributed by atoms with E-state index in [0.29, 0.717) is 6.54 Å².